The van der Waals surface area contributed by atoms with E-state index in [1.165, 1.54) is 9.80 Å². The molecule has 13 heteroatoms. The molecule has 0 aromatic carbocycles. The number of nitrogens with zero attached hydrogens (tertiary/aromatic N) is 5. The van der Waals surface area contributed by atoms with Crippen LogP contribution in [-0.4, -0.2) is 61.5 Å². The van der Waals surface area contributed by atoms with Crippen LogP contribution in [0.2, 0.25) is 0 Å². The summed E-state index contributed by atoms with van der Waals surface area (Å²) in [6.07, 6.45) is 0.112. The predicted molar refractivity (Wildman–Crippen MR) is 90.4 cm³/mol. The van der Waals surface area contributed by atoms with Crippen LogP contribution in [0.25, 0.3) is 0 Å². The van der Waals surface area contributed by atoms with Gasteiger partial charge in [-0.25, -0.2) is 4.79 Å². The summed E-state index contributed by atoms with van der Waals surface area (Å²) >= 11 is 2.27. The molecule has 3 aliphatic rings. The van der Waals surface area contributed by atoms with Crippen molar-refractivity contribution < 1.29 is 50.5 Å². The third kappa shape index (κ3) is 3.13. The van der Waals surface area contributed by atoms with E-state index in [2.05, 4.69) is 10.2 Å². The van der Waals surface area contributed by atoms with Crippen molar-refractivity contribution in [2.24, 2.45) is 5.92 Å². The first-order valence-corrected chi connectivity index (χ1v) is 9.28. The minimum Gasteiger partial charge on any atom is -1.00 e. The van der Waals surface area contributed by atoms with Crippen LogP contribution < -0.4 is 35.3 Å². The van der Waals surface area contributed by atoms with Crippen LogP contribution >= 0.6 is 23.1 Å². The van der Waals surface area contributed by atoms with Gasteiger partial charge in [0.1, 0.15) is 18.2 Å². The van der Waals surface area contributed by atoms with Gasteiger partial charge in [-0.1, -0.05) is 23.1 Å². The Labute approximate surface area is 185 Å². The minimum absolute atomic E-state index is 0. The minimum atomic E-state index is -1.20. The van der Waals surface area contributed by atoms with Gasteiger partial charge < -0.3 is 17.2 Å². The number of carboxylic acid groups (broad SMARTS) is 1. The first-order chi connectivity index (χ1) is 12.4. The second-order valence-corrected chi connectivity index (χ2v) is 8.43. The molecule has 10 nitrogen and oxygen atoms in total. The molecule has 4 rings (SSSR count). The van der Waals surface area contributed by atoms with E-state index in [0.717, 1.165) is 23.1 Å². The zero-order valence-electron chi connectivity index (χ0n) is 15.2. The van der Waals surface area contributed by atoms with E-state index in [1.54, 1.807) is 6.07 Å². The molecule has 3 atom stereocenters. The van der Waals surface area contributed by atoms with Crippen molar-refractivity contribution in [2.45, 2.75) is 29.3 Å². The number of likely N-dealkylation sites (tertiary alicyclic amines) is 1. The van der Waals surface area contributed by atoms with E-state index >= 15 is 0 Å². The fourth-order valence-corrected chi connectivity index (χ4v) is 5.71. The zero-order chi connectivity index (χ0) is 18.6. The van der Waals surface area contributed by atoms with Gasteiger partial charge in [0.25, 0.3) is 5.91 Å². The third-order valence-corrected chi connectivity index (χ3v) is 6.61. The van der Waals surface area contributed by atoms with Gasteiger partial charge in [0.2, 0.25) is 11.0 Å². The maximum absolute atomic E-state index is 12.6. The van der Waals surface area contributed by atoms with E-state index in [4.69, 9.17) is 11.0 Å². The third-order valence-electron chi connectivity index (χ3n) is 4.70. The molecule has 0 unspecified atom stereocenters. The van der Waals surface area contributed by atoms with Crippen LogP contribution in [0.1, 0.15) is 14.3 Å². The Kier molecular flexibility index (Phi) is 5.51. The van der Waals surface area contributed by atoms with Crippen LogP contribution in [0.3, 0.4) is 0 Å². The van der Waals surface area contributed by atoms with Crippen molar-refractivity contribution >= 4 is 46.0 Å². The second-order valence-electron chi connectivity index (χ2n) is 6.07. The number of allylic oxidation sites excluding steroid dienone is 1. The molecule has 4 heterocycles. The number of thioether (sulfide) groups is 1. The van der Waals surface area contributed by atoms with Crippen LogP contribution in [-0.2, 0) is 14.4 Å². The van der Waals surface area contributed by atoms with Gasteiger partial charge in [-0.15, -0.1) is 10.2 Å². The van der Waals surface area contributed by atoms with E-state index < -0.39 is 23.8 Å². The Morgan fingerprint density at radius 1 is 1.48 bits per heavy atom. The average molecular weight is 416 g/mol. The Morgan fingerprint density at radius 2 is 2.22 bits per heavy atom. The average Bonchev–Trinajstić information content (AvgIpc) is 3.15. The molecule has 2 saturated heterocycles. The summed E-state index contributed by atoms with van der Waals surface area (Å²) in [5.41, 5.74) is 5.50. The fourth-order valence-electron chi connectivity index (χ4n) is 3.77. The number of β-lactam (4-membered cyclic amide) rings is 1. The number of amides is 2. The van der Waals surface area contributed by atoms with Crippen molar-refractivity contribution in [3.8, 4) is 6.07 Å². The van der Waals surface area contributed by atoms with Gasteiger partial charge >= 0.3 is 35.5 Å². The number of carboxylic acids is 1. The van der Waals surface area contributed by atoms with Crippen LogP contribution in [0.15, 0.2) is 14.9 Å². The van der Waals surface area contributed by atoms with Gasteiger partial charge in [-0.3, -0.25) is 14.5 Å². The number of hydrogen-bond donors (Lipinski definition) is 2. The summed E-state index contributed by atoms with van der Waals surface area (Å²) in [6, 6.07) is 0.784. The van der Waals surface area contributed by atoms with Crippen molar-refractivity contribution in [3.05, 3.63) is 10.6 Å². The second kappa shape index (κ2) is 7.40. The normalized spacial score (nSPS) is 25.4. The number of rotatable bonds is 4. The number of hydrogen-bond acceptors (Lipinski definition) is 9. The Hall–Kier alpha value is -1.65. The number of aliphatic carboxylic acids is 1. The van der Waals surface area contributed by atoms with E-state index in [1.807, 2.05) is 0 Å². The van der Waals surface area contributed by atoms with Gasteiger partial charge in [0.15, 0.2) is 4.34 Å². The maximum atomic E-state index is 12.6. The summed E-state index contributed by atoms with van der Waals surface area (Å²) in [5, 5.41) is 26.2. The van der Waals surface area contributed by atoms with Crippen molar-refractivity contribution in [2.75, 3.05) is 12.3 Å². The molecular weight excluding hydrogens is 403 g/mol. The molecule has 27 heavy (non-hydrogen) atoms. The molecule has 2 amide bonds. The first-order valence-electron chi connectivity index (χ1n) is 7.65. The molecule has 0 aliphatic carbocycles. The molecule has 0 radical (unpaired) electrons. The van der Waals surface area contributed by atoms with Crippen LogP contribution in [0.4, 0.5) is 5.13 Å². The number of nitriles is 1. The standard InChI is InChI=1S/C14H12N6O4S2.Na.H/c15-2-1-7(21)19-4-5-3-6(25-14-18-17-13(16)26-14)9(12(23)24)20-8(5)10(19)11(20)22;;/h5,8,10H,1,3-4H2,(H2,16,17)(H,23,24);;/q;+1;-1/t5-,8-,10+;;/m1../s1. The van der Waals surface area contributed by atoms with Crippen LogP contribution in [0.5, 0.6) is 0 Å². The first kappa shape index (κ1) is 20.1. The quantitative estimate of drug-likeness (QED) is 0.386. The van der Waals surface area contributed by atoms with E-state index in [0.29, 0.717) is 22.2 Å². The summed E-state index contributed by atoms with van der Waals surface area (Å²) in [5.74, 6) is -2.09. The smallest absolute Gasteiger partial charge is 1.00 e. The number of nitrogen functional groups attached to an aromatic ring is 1. The summed E-state index contributed by atoms with van der Waals surface area (Å²) < 4.78 is 0.495. The van der Waals surface area contributed by atoms with E-state index in [-0.39, 0.29) is 60.2 Å². The van der Waals surface area contributed by atoms with Crippen molar-refractivity contribution in [3.63, 3.8) is 0 Å². The molecule has 1 aromatic heterocycles. The van der Waals surface area contributed by atoms with Crippen molar-refractivity contribution in [1.29, 1.82) is 5.26 Å². The molecule has 0 spiro atoms. The number of anilines is 1. The Bertz CT molecular complexity index is 918. The molecule has 1 aromatic rings. The topological polar surface area (TPSA) is 154 Å². The van der Waals surface area contributed by atoms with Gasteiger partial charge in [0.05, 0.1) is 12.1 Å². The number of carbonyl (C=O) groups excluding carboxylic acids is 2. The summed E-state index contributed by atoms with van der Waals surface area (Å²) in [4.78, 5) is 39.7. The SMILES string of the molecule is N#CCC(=O)N1C[C@H]2CC(Sc3nnc(N)s3)=C(C(=O)O)N3C(=O)[C@@H]1[C@@H]23.[H-].[Na+]. The molecular formula is C14H13N6NaO4S2. The Balaban J connectivity index is 0.00000140. The van der Waals surface area contributed by atoms with Gasteiger partial charge in [0, 0.05) is 17.4 Å². The predicted octanol–water partition coefficient (Wildman–Crippen LogP) is -3.02. The Morgan fingerprint density at radius 3 is 2.81 bits per heavy atom. The van der Waals surface area contributed by atoms with E-state index in [9.17, 15) is 19.5 Å². The summed E-state index contributed by atoms with van der Waals surface area (Å²) in [6.45, 7) is 0.327. The summed E-state index contributed by atoms with van der Waals surface area (Å²) in [7, 11) is 0. The molecule has 2 fully saturated rings. The van der Waals surface area contributed by atoms with Gasteiger partial charge in [-0.05, 0) is 6.42 Å². The van der Waals surface area contributed by atoms with Crippen LogP contribution in [0, 0.1) is 17.2 Å². The molecule has 0 saturated carbocycles. The van der Waals surface area contributed by atoms with Gasteiger partial charge in [-0.2, -0.15) is 5.26 Å². The van der Waals surface area contributed by atoms with Crippen molar-refractivity contribution in [1.82, 2.24) is 20.0 Å². The largest absolute Gasteiger partial charge is 1.00 e. The zero-order valence-corrected chi connectivity index (χ0v) is 17.8. The number of nitrogens with two attached hydrogens (primary N) is 1. The number of carbonyl (C=O) groups is 3. The molecule has 0 bridgehead atoms. The monoisotopic (exact) mass is 416 g/mol. The molecule has 3 aliphatic heterocycles. The fraction of sp³-hybridized carbons (Fsp3) is 0.429. The number of aromatic nitrogens is 2. The molecule has 136 valence electrons. The maximum Gasteiger partial charge on any atom is 1.00 e. The molecule has 3 N–H and O–H groups in total.